The number of nitrogens with one attached hydrogen (secondary N) is 1. The molecule has 0 saturated heterocycles. The summed E-state index contributed by atoms with van der Waals surface area (Å²) in [5.74, 6) is -0.217. The molecule has 1 N–H and O–H groups in total. The zero-order valence-electron chi connectivity index (χ0n) is 17.9. The fourth-order valence-corrected chi connectivity index (χ4v) is 4.14. The predicted octanol–water partition coefficient (Wildman–Crippen LogP) is 3.60. The maximum absolute atomic E-state index is 11.8. The highest BCUT2D eigenvalue weighted by Gasteiger charge is 2.16. The molecule has 32 heavy (non-hydrogen) atoms. The third kappa shape index (κ3) is 5.61. The SMILES string of the molecule is Cc1c(CCNC(=O)CCON=O)cc(-c2ccc(S(C)(=O)=O)cc2)n1-c1ccccc1. The van der Waals surface area contributed by atoms with Gasteiger partial charge in [0.05, 0.1) is 17.0 Å². The summed E-state index contributed by atoms with van der Waals surface area (Å²) in [6.45, 7) is 2.40. The Kier molecular flexibility index (Phi) is 7.42. The quantitative estimate of drug-likeness (QED) is 0.286. The van der Waals surface area contributed by atoms with Crippen LogP contribution in [0.1, 0.15) is 17.7 Å². The second-order valence-corrected chi connectivity index (χ2v) is 9.38. The van der Waals surface area contributed by atoms with E-state index < -0.39 is 9.84 Å². The Hall–Kier alpha value is -3.46. The topological polar surface area (TPSA) is 107 Å². The van der Waals surface area contributed by atoms with Crippen molar-refractivity contribution in [3.8, 4) is 16.9 Å². The molecule has 0 aliphatic carbocycles. The van der Waals surface area contributed by atoms with Gasteiger partial charge in [-0.3, -0.25) is 4.79 Å². The molecule has 0 bridgehead atoms. The van der Waals surface area contributed by atoms with Crippen molar-refractivity contribution in [3.05, 3.63) is 76.8 Å². The van der Waals surface area contributed by atoms with Crippen LogP contribution in [0.2, 0.25) is 0 Å². The number of para-hydroxylation sites is 1. The summed E-state index contributed by atoms with van der Waals surface area (Å²) in [6.07, 6.45) is 1.86. The van der Waals surface area contributed by atoms with E-state index in [0.29, 0.717) is 13.0 Å². The van der Waals surface area contributed by atoms with Crippen molar-refractivity contribution in [3.63, 3.8) is 0 Å². The minimum Gasteiger partial charge on any atom is -0.364 e. The molecule has 0 spiro atoms. The van der Waals surface area contributed by atoms with E-state index in [9.17, 15) is 18.1 Å². The number of nitrogens with zero attached hydrogens (tertiary/aromatic N) is 2. The molecule has 0 saturated carbocycles. The first-order chi connectivity index (χ1) is 15.3. The fourth-order valence-electron chi connectivity index (χ4n) is 3.51. The molecule has 1 amide bonds. The predicted molar refractivity (Wildman–Crippen MR) is 122 cm³/mol. The summed E-state index contributed by atoms with van der Waals surface area (Å²) in [6, 6.07) is 18.8. The first-order valence-electron chi connectivity index (χ1n) is 10.1. The highest BCUT2D eigenvalue weighted by Crippen LogP contribution is 2.30. The van der Waals surface area contributed by atoms with Crippen molar-refractivity contribution in [1.82, 2.24) is 9.88 Å². The van der Waals surface area contributed by atoms with Gasteiger partial charge in [0.2, 0.25) is 5.91 Å². The van der Waals surface area contributed by atoms with Crippen molar-refractivity contribution < 1.29 is 18.0 Å². The van der Waals surface area contributed by atoms with Crippen LogP contribution in [0.25, 0.3) is 16.9 Å². The molecule has 9 heteroatoms. The lowest BCUT2D eigenvalue weighted by Gasteiger charge is -2.13. The lowest BCUT2D eigenvalue weighted by Crippen LogP contribution is -2.26. The van der Waals surface area contributed by atoms with Gasteiger partial charge in [0.25, 0.3) is 0 Å². The van der Waals surface area contributed by atoms with E-state index in [1.807, 2.05) is 37.3 Å². The standard InChI is InChI=1S/C23H25N3O5S/c1-17-19(12-14-24-23(27)13-15-31-25-28)16-22(26(17)20-6-4-3-5-7-20)18-8-10-21(11-9-18)32(2,29)30/h3-11,16H,12-15H2,1-2H3,(H,24,27). The molecule has 1 heterocycles. The van der Waals surface area contributed by atoms with E-state index in [0.717, 1.165) is 28.2 Å². The van der Waals surface area contributed by atoms with E-state index in [4.69, 9.17) is 0 Å². The Morgan fingerprint density at radius 1 is 1.09 bits per heavy atom. The monoisotopic (exact) mass is 455 g/mol. The second-order valence-electron chi connectivity index (χ2n) is 7.37. The molecule has 0 atom stereocenters. The van der Waals surface area contributed by atoms with Gasteiger partial charge in [0.15, 0.2) is 15.2 Å². The summed E-state index contributed by atoms with van der Waals surface area (Å²) >= 11 is 0. The van der Waals surface area contributed by atoms with E-state index in [1.54, 1.807) is 24.3 Å². The zero-order valence-corrected chi connectivity index (χ0v) is 18.8. The van der Waals surface area contributed by atoms with E-state index in [2.05, 4.69) is 26.1 Å². The van der Waals surface area contributed by atoms with Gasteiger partial charge < -0.3 is 14.7 Å². The van der Waals surface area contributed by atoms with Crippen LogP contribution in [0.3, 0.4) is 0 Å². The Labute approximate surface area is 187 Å². The molecule has 0 unspecified atom stereocenters. The van der Waals surface area contributed by atoms with Gasteiger partial charge >= 0.3 is 0 Å². The Morgan fingerprint density at radius 2 is 1.78 bits per heavy atom. The molecule has 2 aromatic carbocycles. The van der Waals surface area contributed by atoms with Crippen molar-refractivity contribution in [2.75, 3.05) is 19.4 Å². The molecule has 0 radical (unpaired) electrons. The summed E-state index contributed by atoms with van der Waals surface area (Å²) in [5.41, 5.74) is 4.89. The van der Waals surface area contributed by atoms with Crippen molar-refractivity contribution in [2.45, 2.75) is 24.7 Å². The number of carbonyl (C=O) groups is 1. The number of sulfone groups is 1. The van der Waals surface area contributed by atoms with E-state index in [-0.39, 0.29) is 23.8 Å². The Balaban J connectivity index is 1.88. The normalized spacial score (nSPS) is 11.2. The minimum absolute atomic E-state index is 0.0492. The molecule has 1 aromatic heterocycles. The van der Waals surface area contributed by atoms with Gasteiger partial charge in [-0.1, -0.05) is 30.3 Å². The Morgan fingerprint density at radius 3 is 2.41 bits per heavy atom. The lowest BCUT2D eigenvalue weighted by molar-refractivity contribution is -0.122. The van der Waals surface area contributed by atoms with Crippen LogP contribution < -0.4 is 5.32 Å². The summed E-state index contributed by atoms with van der Waals surface area (Å²) in [5, 5.41) is 5.08. The van der Waals surface area contributed by atoms with Crippen LogP contribution >= 0.6 is 0 Å². The lowest BCUT2D eigenvalue weighted by atomic mass is 10.1. The van der Waals surface area contributed by atoms with Gasteiger partial charge in [-0.2, -0.15) is 0 Å². The summed E-state index contributed by atoms with van der Waals surface area (Å²) < 4.78 is 25.8. The van der Waals surface area contributed by atoms with Crippen LogP contribution in [-0.4, -0.2) is 38.3 Å². The van der Waals surface area contributed by atoms with Crippen LogP contribution in [0.5, 0.6) is 0 Å². The van der Waals surface area contributed by atoms with Crippen molar-refractivity contribution >= 4 is 15.7 Å². The van der Waals surface area contributed by atoms with Crippen LogP contribution in [0.4, 0.5) is 0 Å². The maximum Gasteiger partial charge on any atom is 0.223 e. The number of aromatic nitrogens is 1. The van der Waals surface area contributed by atoms with Gasteiger partial charge in [-0.25, -0.2) is 8.42 Å². The van der Waals surface area contributed by atoms with Crippen molar-refractivity contribution in [2.24, 2.45) is 5.34 Å². The molecular weight excluding hydrogens is 430 g/mol. The first kappa shape index (κ1) is 23.2. The van der Waals surface area contributed by atoms with E-state index in [1.165, 1.54) is 6.26 Å². The molecular formula is C23H25N3O5S. The minimum atomic E-state index is -3.27. The molecule has 3 aromatic rings. The Bertz CT molecular complexity index is 1190. The molecule has 8 nitrogen and oxygen atoms in total. The third-order valence-corrected chi connectivity index (χ3v) is 6.26. The van der Waals surface area contributed by atoms with Gasteiger partial charge in [-0.05, 0) is 54.8 Å². The number of rotatable bonds is 10. The first-order valence-corrected chi connectivity index (χ1v) is 12.0. The van der Waals surface area contributed by atoms with E-state index >= 15 is 0 Å². The van der Waals surface area contributed by atoms with Crippen LogP contribution in [0, 0.1) is 11.8 Å². The zero-order chi connectivity index (χ0) is 23.1. The molecule has 3 rings (SSSR count). The van der Waals surface area contributed by atoms with Gasteiger partial charge in [-0.15, -0.1) is 4.91 Å². The molecule has 0 aliphatic heterocycles. The number of carbonyl (C=O) groups excluding carboxylic acids is 1. The van der Waals surface area contributed by atoms with Gasteiger partial charge in [0, 0.05) is 24.2 Å². The average molecular weight is 456 g/mol. The molecule has 168 valence electrons. The van der Waals surface area contributed by atoms with Crippen LogP contribution in [-0.2, 0) is 25.9 Å². The molecule has 0 aliphatic rings. The number of benzene rings is 2. The number of hydrogen-bond acceptors (Lipinski definition) is 6. The number of amides is 1. The molecule has 0 fully saturated rings. The highest BCUT2D eigenvalue weighted by molar-refractivity contribution is 7.90. The van der Waals surface area contributed by atoms with Crippen LogP contribution in [0.15, 0.2) is 70.9 Å². The third-order valence-electron chi connectivity index (χ3n) is 5.13. The average Bonchev–Trinajstić information content (AvgIpc) is 3.10. The maximum atomic E-state index is 11.8. The smallest absolute Gasteiger partial charge is 0.223 e. The highest BCUT2D eigenvalue weighted by atomic mass is 32.2. The fraction of sp³-hybridized carbons (Fsp3) is 0.261. The van der Waals surface area contributed by atoms with Crippen molar-refractivity contribution in [1.29, 1.82) is 0 Å². The second kappa shape index (κ2) is 10.2. The number of hydrogen-bond donors (Lipinski definition) is 1. The van der Waals surface area contributed by atoms with Gasteiger partial charge in [0.1, 0.15) is 6.61 Å². The summed E-state index contributed by atoms with van der Waals surface area (Å²) in [4.78, 5) is 26.3. The summed E-state index contributed by atoms with van der Waals surface area (Å²) in [7, 11) is -3.27. The largest absolute Gasteiger partial charge is 0.364 e.